The van der Waals surface area contributed by atoms with Gasteiger partial charge in [0, 0.05) is 18.0 Å². The second kappa shape index (κ2) is 7.38. The first-order valence-electron chi connectivity index (χ1n) is 7.91. The molecule has 0 aliphatic carbocycles. The highest BCUT2D eigenvalue weighted by atomic mass is 19.4. The number of halogens is 3. The molecule has 2 aromatic rings. The first-order valence-corrected chi connectivity index (χ1v) is 7.91. The summed E-state index contributed by atoms with van der Waals surface area (Å²) in [7, 11) is 1.16. The fourth-order valence-electron chi connectivity index (χ4n) is 2.29. The lowest BCUT2D eigenvalue weighted by Crippen LogP contribution is -2.25. The molecule has 8 heteroatoms. The zero-order valence-electron chi connectivity index (χ0n) is 15.2. The highest BCUT2D eigenvalue weighted by Crippen LogP contribution is 2.34. The van der Waals surface area contributed by atoms with E-state index in [0.29, 0.717) is 0 Å². The quantitative estimate of drug-likeness (QED) is 0.584. The molecule has 0 unspecified atom stereocenters. The summed E-state index contributed by atoms with van der Waals surface area (Å²) in [5.74, 6) is -1.68. The molecule has 0 N–H and O–H groups in total. The topological polar surface area (TPSA) is 65.5 Å². The van der Waals surface area contributed by atoms with Crippen LogP contribution in [0.2, 0.25) is 0 Å². The van der Waals surface area contributed by atoms with Crippen LogP contribution in [0, 0.1) is 0 Å². The van der Waals surface area contributed by atoms with E-state index in [1.165, 1.54) is 18.5 Å². The van der Waals surface area contributed by atoms with Crippen molar-refractivity contribution in [3.63, 3.8) is 0 Å². The Balaban J connectivity index is 2.49. The van der Waals surface area contributed by atoms with Gasteiger partial charge in [-0.2, -0.15) is 13.2 Å². The van der Waals surface area contributed by atoms with Crippen LogP contribution in [0.3, 0.4) is 0 Å². The summed E-state index contributed by atoms with van der Waals surface area (Å²) in [4.78, 5) is 29.1. The molecular weight excluding hydrogens is 363 g/mol. The molecule has 144 valence electrons. The number of methoxy groups -OCH3 is 1. The fourth-order valence-corrected chi connectivity index (χ4v) is 2.29. The molecule has 0 spiro atoms. The lowest BCUT2D eigenvalue weighted by atomic mass is 9.98. The van der Waals surface area contributed by atoms with E-state index >= 15 is 0 Å². The van der Waals surface area contributed by atoms with Gasteiger partial charge in [0.25, 0.3) is 0 Å². The van der Waals surface area contributed by atoms with Crippen LogP contribution in [-0.4, -0.2) is 29.4 Å². The van der Waals surface area contributed by atoms with Gasteiger partial charge in [-0.05, 0) is 45.0 Å². The van der Waals surface area contributed by atoms with Crippen LogP contribution in [-0.2, 0) is 10.9 Å². The highest BCUT2D eigenvalue weighted by molar-refractivity contribution is 6.15. The first kappa shape index (κ1) is 20.4. The van der Waals surface area contributed by atoms with Crippen LogP contribution in [0.15, 0.2) is 36.7 Å². The number of pyridine rings is 1. The van der Waals surface area contributed by atoms with E-state index in [1.54, 1.807) is 20.8 Å². The Kier molecular flexibility index (Phi) is 5.58. The number of ether oxygens (including phenoxy) is 2. The number of alkyl halides is 3. The van der Waals surface area contributed by atoms with Gasteiger partial charge < -0.3 is 9.47 Å². The average Bonchev–Trinajstić information content (AvgIpc) is 2.58. The van der Waals surface area contributed by atoms with E-state index in [2.05, 4.69) is 4.98 Å². The largest absolute Gasteiger partial charge is 0.496 e. The Morgan fingerprint density at radius 2 is 1.67 bits per heavy atom. The van der Waals surface area contributed by atoms with Gasteiger partial charge in [-0.25, -0.2) is 4.79 Å². The second-order valence-corrected chi connectivity index (χ2v) is 6.67. The monoisotopic (exact) mass is 381 g/mol. The molecule has 5 nitrogen and oxygen atoms in total. The Morgan fingerprint density at radius 3 is 2.22 bits per heavy atom. The lowest BCUT2D eigenvalue weighted by molar-refractivity contribution is -0.137. The van der Waals surface area contributed by atoms with E-state index in [9.17, 15) is 22.8 Å². The molecule has 0 aliphatic heterocycles. The third kappa shape index (κ3) is 4.84. The summed E-state index contributed by atoms with van der Waals surface area (Å²) >= 11 is 0. The summed E-state index contributed by atoms with van der Waals surface area (Å²) in [6, 6.07) is 3.84. The number of ketones is 1. The Labute approximate surface area is 154 Å². The highest BCUT2D eigenvalue weighted by Gasteiger charge is 2.32. The van der Waals surface area contributed by atoms with Crippen LogP contribution in [0.5, 0.6) is 5.75 Å². The minimum atomic E-state index is -4.58. The van der Waals surface area contributed by atoms with Crippen molar-refractivity contribution in [2.75, 3.05) is 7.11 Å². The van der Waals surface area contributed by atoms with Crippen LogP contribution >= 0.6 is 0 Å². The van der Waals surface area contributed by atoms with E-state index in [0.717, 1.165) is 25.3 Å². The minimum Gasteiger partial charge on any atom is -0.496 e. The van der Waals surface area contributed by atoms with Gasteiger partial charge in [0.15, 0.2) is 5.78 Å². The molecule has 2 rings (SSSR count). The molecule has 0 radical (unpaired) electrons. The normalized spacial score (nSPS) is 11.8. The molecule has 27 heavy (non-hydrogen) atoms. The summed E-state index contributed by atoms with van der Waals surface area (Å²) in [6.45, 7) is 5.00. The molecule has 0 bridgehead atoms. The number of carbonyl (C=O) groups is 2. The zero-order valence-corrected chi connectivity index (χ0v) is 15.2. The fraction of sp³-hybridized carbons (Fsp3) is 0.316. The molecular formula is C19H18F3NO4. The molecule has 0 fully saturated rings. The van der Waals surface area contributed by atoms with Crippen LogP contribution in [0.4, 0.5) is 13.2 Å². The third-order valence-electron chi connectivity index (χ3n) is 3.46. The number of esters is 1. The van der Waals surface area contributed by atoms with Crippen molar-refractivity contribution >= 4 is 11.8 Å². The Morgan fingerprint density at radius 1 is 1.00 bits per heavy atom. The smallest absolute Gasteiger partial charge is 0.416 e. The van der Waals surface area contributed by atoms with Crippen molar-refractivity contribution in [3.05, 3.63) is 58.9 Å². The van der Waals surface area contributed by atoms with E-state index in [-0.39, 0.29) is 22.4 Å². The Hall–Kier alpha value is -2.90. The standard InChI is InChI=1S/C19H18F3NO4/c1-18(2,3)27-17(25)14-10-23-8-7-12(14)16(24)13-6-5-11(19(20,21)22)9-15(13)26-4/h5-10H,1-4H3. The summed E-state index contributed by atoms with van der Waals surface area (Å²) in [5.41, 5.74) is -1.98. The molecule has 1 aromatic heterocycles. The van der Waals surface area contributed by atoms with E-state index in [4.69, 9.17) is 9.47 Å². The number of rotatable bonds is 4. The molecule has 0 amide bonds. The maximum Gasteiger partial charge on any atom is 0.416 e. The minimum absolute atomic E-state index is 0.0442. The number of hydrogen-bond acceptors (Lipinski definition) is 5. The predicted molar refractivity (Wildman–Crippen MR) is 90.8 cm³/mol. The van der Waals surface area contributed by atoms with Crippen molar-refractivity contribution in [1.82, 2.24) is 4.98 Å². The molecule has 0 aliphatic rings. The van der Waals surface area contributed by atoms with Gasteiger partial charge in [0.1, 0.15) is 11.4 Å². The molecule has 0 saturated carbocycles. The van der Waals surface area contributed by atoms with E-state index in [1.807, 2.05) is 0 Å². The number of hydrogen-bond donors (Lipinski definition) is 0. The number of carbonyl (C=O) groups excluding carboxylic acids is 2. The lowest BCUT2D eigenvalue weighted by Gasteiger charge is -2.20. The van der Waals surface area contributed by atoms with Gasteiger partial charge in [-0.1, -0.05) is 0 Å². The number of benzene rings is 1. The van der Waals surface area contributed by atoms with Crippen molar-refractivity contribution < 1.29 is 32.2 Å². The maximum atomic E-state index is 12.9. The molecule has 0 atom stereocenters. The van der Waals surface area contributed by atoms with Crippen LogP contribution in [0.25, 0.3) is 0 Å². The van der Waals surface area contributed by atoms with Gasteiger partial charge >= 0.3 is 12.1 Å². The first-order chi connectivity index (χ1) is 12.4. The molecule has 1 heterocycles. The third-order valence-corrected chi connectivity index (χ3v) is 3.46. The van der Waals surface area contributed by atoms with Gasteiger partial charge in [0.05, 0.1) is 23.8 Å². The van der Waals surface area contributed by atoms with Crippen LogP contribution in [0.1, 0.15) is 52.6 Å². The number of nitrogens with zero attached hydrogens (tertiary/aromatic N) is 1. The number of aromatic nitrogens is 1. The van der Waals surface area contributed by atoms with Gasteiger partial charge in [-0.15, -0.1) is 0 Å². The summed E-state index contributed by atoms with van der Waals surface area (Å²) in [6.07, 6.45) is -2.09. The SMILES string of the molecule is COc1cc(C(F)(F)F)ccc1C(=O)c1ccncc1C(=O)OC(C)(C)C. The van der Waals surface area contributed by atoms with Crippen molar-refractivity contribution in [2.24, 2.45) is 0 Å². The van der Waals surface area contributed by atoms with Crippen LogP contribution < -0.4 is 4.74 Å². The molecule has 0 saturated heterocycles. The van der Waals surface area contributed by atoms with E-state index < -0.39 is 29.1 Å². The average molecular weight is 381 g/mol. The van der Waals surface area contributed by atoms with Gasteiger partial charge in [-0.3, -0.25) is 9.78 Å². The Bertz CT molecular complexity index is 870. The molecule has 1 aromatic carbocycles. The van der Waals surface area contributed by atoms with Crippen molar-refractivity contribution in [2.45, 2.75) is 32.5 Å². The summed E-state index contributed by atoms with van der Waals surface area (Å²) in [5, 5.41) is 0. The predicted octanol–water partition coefficient (Wildman–Crippen LogP) is 4.30. The van der Waals surface area contributed by atoms with Crippen molar-refractivity contribution in [3.8, 4) is 5.75 Å². The summed E-state index contributed by atoms with van der Waals surface area (Å²) < 4.78 is 48.8. The maximum absolute atomic E-state index is 12.9. The van der Waals surface area contributed by atoms with Gasteiger partial charge in [0.2, 0.25) is 0 Å². The van der Waals surface area contributed by atoms with Crippen molar-refractivity contribution in [1.29, 1.82) is 0 Å². The zero-order chi connectivity index (χ0) is 20.4. The second-order valence-electron chi connectivity index (χ2n) is 6.67.